The van der Waals surface area contributed by atoms with Gasteiger partial charge in [-0.25, -0.2) is 5.01 Å². The lowest BCUT2D eigenvalue weighted by atomic mass is 9.73. The number of hydrogen-bond donors (Lipinski definition) is 1. The summed E-state index contributed by atoms with van der Waals surface area (Å²) >= 11 is 15.7. The van der Waals surface area contributed by atoms with Crippen molar-refractivity contribution in [3.8, 4) is 0 Å². The predicted octanol–water partition coefficient (Wildman–Crippen LogP) is 6.44. The van der Waals surface area contributed by atoms with Crippen LogP contribution in [0.4, 0.5) is 0 Å². The number of hydrogen-bond acceptors (Lipinski definition) is 4. The van der Waals surface area contributed by atoms with E-state index in [1.54, 1.807) is 24.1 Å². The van der Waals surface area contributed by atoms with Gasteiger partial charge >= 0.3 is 0 Å². The maximum Gasteiger partial charge on any atom is 0.256 e. The van der Waals surface area contributed by atoms with Crippen molar-refractivity contribution in [1.29, 1.82) is 0 Å². The van der Waals surface area contributed by atoms with E-state index < -0.39 is 11.5 Å². The van der Waals surface area contributed by atoms with Gasteiger partial charge in [-0.15, -0.1) is 23.2 Å². The van der Waals surface area contributed by atoms with E-state index in [0.717, 1.165) is 29.7 Å². The zero-order chi connectivity index (χ0) is 32.8. The number of hydrazone groups is 1. The number of rotatable bonds is 7. The maximum absolute atomic E-state index is 14.4. The van der Waals surface area contributed by atoms with Crippen molar-refractivity contribution in [2.75, 3.05) is 25.5 Å². The van der Waals surface area contributed by atoms with E-state index in [1.807, 2.05) is 54.6 Å². The Labute approximate surface area is 285 Å². The van der Waals surface area contributed by atoms with Crippen LogP contribution >= 0.6 is 34.8 Å². The number of fused-ring (bicyclic) bond motifs is 2. The molecule has 1 fully saturated rings. The first-order valence-corrected chi connectivity index (χ1v) is 17.0. The lowest BCUT2D eigenvalue weighted by Crippen LogP contribution is -2.59. The third-order valence-corrected chi connectivity index (χ3v) is 9.70. The van der Waals surface area contributed by atoms with Crippen LogP contribution in [-0.2, 0) is 33.6 Å². The van der Waals surface area contributed by atoms with Crippen molar-refractivity contribution in [3.05, 3.63) is 106 Å². The van der Waals surface area contributed by atoms with E-state index in [9.17, 15) is 14.4 Å². The second-order valence-corrected chi connectivity index (χ2v) is 13.5. The van der Waals surface area contributed by atoms with Crippen LogP contribution in [0.15, 0.2) is 84.0 Å². The molecule has 3 aliphatic rings. The summed E-state index contributed by atoms with van der Waals surface area (Å²) < 4.78 is 0. The molecule has 4 atom stereocenters. The van der Waals surface area contributed by atoms with Gasteiger partial charge < -0.3 is 10.2 Å². The van der Waals surface area contributed by atoms with E-state index in [4.69, 9.17) is 34.8 Å². The third-order valence-electron chi connectivity index (χ3n) is 9.44. The summed E-state index contributed by atoms with van der Waals surface area (Å²) in [7, 11) is 1.68. The van der Waals surface area contributed by atoms with Crippen LogP contribution in [0.5, 0.6) is 0 Å². The Balaban J connectivity index is 0.00000134. The van der Waals surface area contributed by atoms with Crippen LogP contribution in [-0.4, -0.2) is 64.9 Å². The summed E-state index contributed by atoms with van der Waals surface area (Å²) in [5.41, 5.74) is 4.31. The summed E-state index contributed by atoms with van der Waals surface area (Å²) in [4.78, 5) is 43.6. The maximum atomic E-state index is 14.4. The van der Waals surface area contributed by atoms with Crippen LogP contribution in [0.2, 0.25) is 5.02 Å². The number of halogens is 3. The van der Waals surface area contributed by atoms with E-state index in [2.05, 4.69) is 29.5 Å². The molecule has 1 aliphatic carbocycles. The van der Waals surface area contributed by atoms with Gasteiger partial charge in [0.2, 0.25) is 11.8 Å². The number of nitrogens with zero attached hydrogens (tertiary/aromatic N) is 3. The Bertz CT molecular complexity index is 1580. The van der Waals surface area contributed by atoms with Gasteiger partial charge in [-0.05, 0) is 59.6 Å². The SMILES string of the molecule is CC1c2ccccc2CCC1C(=O)N[C@H](Cc1ccc(Cl)cc1)C(=O)N1CCC2=NN(C)C(=O)C2(Cc2ccccc2)C1.ClCCl. The Kier molecular flexibility index (Phi) is 11.1. The molecule has 3 amide bonds. The van der Waals surface area contributed by atoms with E-state index in [0.29, 0.717) is 30.8 Å². The van der Waals surface area contributed by atoms with Crippen LogP contribution < -0.4 is 5.32 Å². The van der Waals surface area contributed by atoms with Crippen molar-refractivity contribution < 1.29 is 14.4 Å². The molecule has 6 rings (SSSR count). The molecule has 1 N–H and O–H groups in total. The fourth-order valence-electron chi connectivity index (χ4n) is 7.11. The molecule has 0 saturated carbocycles. The largest absolute Gasteiger partial charge is 0.344 e. The van der Waals surface area contributed by atoms with Crippen molar-refractivity contribution in [2.45, 2.75) is 51.0 Å². The highest BCUT2D eigenvalue weighted by Gasteiger charge is 2.54. The predicted molar refractivity (Wildman–Crippen MR) is 184 cm³/mol. The minimum Gasteiger partial charge on any atom is -0.344 e. The summed E-state index contributed by atoms with van der Waals surface area (Å²) in [5.74, 6) is -0.571. The number of carbonyl (C=O) groups is 3. The molecular formula is C36H39Cl3N4O3. The lowest BCUT2D eigenvalue weighted by molar-refractivity contribution is -0.142. The molecule has 0 bridgehead atoms. The highest BCUT2D eigenvalue weighted by molar-refractivity contribution is 6.40. The Morgan fingerprint density at radius 2 is 1.65 bits per heavy atom. The second kappa shape index (κ2) is 15.0. The number of alkyl halides is 2. The molecule has 1 saturated heterocycles. The summed E-state index contributed by atoms with van der Waals surface area (Å²) in [6.07, 6.45) is 2.87. The van der Waals surface area contributed by atoms with Crippen LogP contribution in [0.25, 0.3) is 0 Å². The minimum atomic E-state index is -0.916. The van der Waals surface area contributed by atoms with Gasteiger partial charge in [-0.2, -0.15) is 5.10 Å². The van der Waals surface area contributed by atoms with Gasteiger partial charge in [0.25, 0.3) is 5.91 Å². The number of likely N-dealkylation sites (tertiary alicyclic amines) is 1. The monoisotopic (exact) mass is 680 g/mol. The van der Waals surface area contributed by atoms with Gasteiger partial charge in [0.15, 0.2) is 0 Å². The minimum absolute atomic E-state index is 0.0470. The number of benzene rings is 3. The molecule has 3 unspecified atom stereocenters. The van der Waals surface area contributed by atoms with E-state index in [1.165, 1.54) is 16.1 Å². The number of aryl methyl sites for hydroxylation is 1. The topological polar surface area (TPSA) is 82.1 Å². The number of piperidine rings is 1. The number of carbonyl (C=O) groups excluding carboxylic acids is 3. The van der Waals surface area contributed by atoms with Gasteiger partial charge in [0.1, 0.15) is 11.5 Å². The fourth-order valence-corrected chi connectivity index (χ4v) is 7.24. The van der Waals surface area contributed by atoms with Crippen LogP contribution in [0.3, 0.4) is 0 Å². The van der Waals surface area contributed by atoms with Crippen molar-refractivity contribution in [1.82, 2.24) is 15.2 Å². The number of amides is 3. The summed E-state index contributed by atoms with van der Waals surface area (Å²) in [6.45, 7) is 2.76. The van der Waals surface area contributed by atoms with Crippen molar-refractivity contribution in [2.24, 2.45) is 16.4 Å². The first-order valence-electron chi connectivity index (χ1n) is 15.6. The second-order valence-electron chi connectivity index (χ2n) is 12.3. The standard InChI is InChI=1S/C35H37ClN4O3.CH2Cl2/c1-23-28-11-7-6-10-26(28)14-17-29(23)32(41)37-30(20-24-12-15-27(36)16-13-24)33(42)40-19-18-31-35(22-40,34(43)39(2)38-31)21-25-8-4-3-5-9-25;2-1-3/h3-13,15-16,23,29-30H,14,17-22H2,1-2H3,(H,37,41);1H2/t23?,29?,30-,35?;/m1./s1. The molecule has 0 aromatic heterocycles. The van der Waals surface area contributed by atoms with Gasteiger partial charge in [-0.3, -0.25) is 14.4 Å². The summed E-state index contributed by atoms with van der Waals surface area (Å²) in [5, 5.41) is 9.98. The van der Waals surface area contributed by atoms with Gasteiger partial charge in [0.05, 0.1) is 11.1 Å². The molecule has 10 heteroatoms. The van der Waals surface area contributed by atoms with Gasteiger partial charge in [0, 0.05) is 43.9 Å². The number of nitrogens with one attached hydrogen (secondary N) is 1. The quantitative estimate of drug-likeness (QED) is 0.292. The molecule has 2 heterocycles. The Hall–Kier alpha value is -3.39. The van der Waals surface area contributed by atoms with E-state index in [-0.39, 0.29) is 41.4 Å². The highest BCUT2D eigenvalue weighted by atomic mass is 35.5. The van der Waals surface area contributed by atoms with Crippen molar-refractivity contribution in [3.63, 3.8) is 0 Å². The van der Waals surface area contributed by atoms with Crippen molar-refractivity contribution >= 4 is 58.2 Å². The van der Waals surface area contributed by atoms with Crippen LogP contribution in [0.1, 0.15) is 47.9 Å². The first kappa shape index (κ1) is 34.0. The molecule has 242 valence electrons. The first-order chi connectivity index (χ1) is 22.2. The average molecular weight is 682 g/mol. The zero-order valence-electron chi connectivity index (χ0n) is 26.1. The van der Waals surface area contributed by atoms with E-state index >= 15 is 0 Å². The Morgan fingerprint density at radius 1 is 0.978 bits per heavy atom. The molecule has 0 radical (unpaired) electrons. The normalized spacial score (nSPS) is 22.5. The molecule has 0 spiro atoms. The molecule has 46 heavy (non-hydrogen) atoms. The zero-order valence-corrected chi connectivity index (χ0v) is 28.4. The average Bonchev–Trinajstić information content (AvgIpc) is 3.30. The fraction of sp³-hybridized carbons (Fsp3) is 0.389. The Morgan fingerprint density at radius 3 is 2.37 bits per heavy atom. The third kappa shape index (κ3) is 7.27. The molecule has 3 aromatic carbocycles. The van der Waals surface area contributed by atoms with Crippen LogP contribution in [0, 0.1) is 11.3 Å². The highest BCUT2D eigenvalue weighted by Crippen LogP contribution is 2.39. The lowest BCUT2D eigenvalue weighted by Gasteiger charge is -2.41. The molecular weight excluding hydrogens is 643 g/mol. The molecule has 7 nitrogen and oxygen atoms in total. The van der Waals surface area contributed by atoms with Gasteiger partial charge in [-0.1, -0.05) is 85.3 Å². The molecule has 2 aliphatic heterocycles. The smallest absolute Gasteiger partial charge is 0.256 e. The molecule has 3 aromatic rings. The summed E-state index contributed by atoms with van der Waals surface area (Å²) in [6, 6.07) is 24.8.